The van der Waals surface area contributed by atoms with Gasteiger partial charge in [-0.25, -0.2) is 5.10 Å². The van der Waals surface area contributed by atoms with Gasteiger partial charge in [0.15, 0.2) is 0 Å². The number of rotatable bonds is 4. The number of nitrogens with one attached hydrogen (secondary N) is 3. The van der Waals surface area contributed by atoms with Gasteiger partial charge in [-0.3, -0.25) is 14.4 Å². The monoisotopic (exact) mass is 288 g/mol. The zero-order valence-electron chi connectivity index (χ0n) is 11.6. The molecule has 7 heteroatoms. The van der Waals surface area contributed by atoms with E-state index < -0.39 is 11.8 Å². The van der Waals surface area contributed by atoms with Gasteiger partial charge in [-0.2, -0.15) is 5.10 Å². The lowest BCUT2D eigenvalue weighted by Crippen LogP contribution is -2.40. The van der Waals surface area contributed by atoms with Crippen LogP contribution >= 0.6 is 0 Å². The van der Waals surface area contributed by atoms with Crippen molar-refractivity contribution in [3.8, 4) is 0 Å². The molecule has 110 valence electrons. The minimum Gasteiger partial charge on any atom is -0.348 e. The molecule has 1 aromatic carbocycles. The Hall–Kier alpha value is -2.70. The summed E-state index contributed by atoms with van der Waals surface area (Å²) < 4.78 is 0. The lowest BCUT2D eigenvalue weighted by Gasteiger charge is -2.07. The van der Waals surface area contributed by atoms with Crippen molar-refractivity contribution in [3.63, 3.8) is 0 Å². The van der Waals surface area contributed by atoms with E-state index in [-0.39, 0.29) is 12.1 Å². The van der Waals surface area contributed by atoms with E-state index in [1.807, 2.05) is 6.92 Å². The number of H-pyrrole nitrogens is 1. The fraction of sp³-hybridized carbons (Fsp3) is 0.286. The summed E-state index contributed by atoms with van der Waals surface area (Å²) in [6.45, 7) is 2.41. The summed E-state index contributed by atoms with van der Waals surface area (Å²) in [5, 5.41) is 12.4. The van der Waals surface area contributed by atoms with Crippen LogP contribution in [0.15, 0.2) is 29.1 Å². The van der Waals surface area contributed by atoms with Crippen LogP contribution in [0.3, 0.4) is 0 Å². The molecule has 0 aliphatic heterocycles. The fourth-order valence-electron chi connectivity index (χ4n) is 1.87. The van der Waals surface area contributed by atoms with Crippen LogP contribution in [0.1, 0.15) is 19.0 Å². The third-order valence-corrected chi connectivity index (χ3v) is 2.93. The largest absolute Gasteiger partial charge is 0.348 e. The third-order valence-electron chi connectivity index (χ3n) is 2.93. The number of carbonyl (C=O) groups is 2. The second-order valence-electron chi connectivity index (χ2n) is 4.48. The third kappa shape index (κ3) is 3.44. The Bertz CT molecular complexity index is 723. The molecule has 2 amide bonds. The summed E-state index contributed by atoms with van der Waals surface area (Å²) >= 11 is 0. The van der Waals surface area contributed by atoms with Gasteiger partial charge in [0, 0.05) is 11.9 Å². The lowest BCUT2D eigenvalue weighted by atomic mass is 10.1. The molecule has 2 aromatic rings. The summed E-state index contributed by atoms with van der Waals surface area (Å²) in [5.74, 6) is -1.40. The lowest BCUT2D eigenvalue weighted by molar-refractivity contribution is -0.139. The van der Waals surface area contributed by atoms with Crippen molar-refractivity contribution in [2.45, 2.75) is 19.9 Å². The fourth-order valence-corrected chi connectivity index (χ4v) is 1.87. The van der Waals surface area contributed by atoms with E-state index in [2.05, 4.69) is 20.8 Å². The first-order chi connectivity index (χ1) is 10.1. The molecule has 0 saturated heterocycles. The second kappa shape index (κ2) is 6.65. The Morgan fingerprint density at radius 2 is 1.81 bits per heavy atom. The number of aromatic amines is 1. The van der Waals surface area contributed by atoms with Crippen molar-refractivity contribution in [2.24, 2.45) is 0 Å². The van der Waals surface area contributed by atoms with Gasteiger partial charge in [-0.1, -0.05) is 25.1 Å². The normalized spacial score (nSPS) is 10.3. The Kier molecular flexibility index (Phi) is 4.65. The maximum Gasteiger partial charge on any atom is 0.309 e. The minimum absolute atomic E-state index is 0.0652. The standard InChI is InChI=1S/C14H16N4O3/c1-2-7-15-13(20)14(21)16-8-11-9-5-3-4-6-10(9)12(19)18-17-11/h3-6H,2,7-8H2,1H3,(H,15,20)(H,16,21)(H,18,19). The highest BCUT2D eigenvalue weighted by molar-refractivity contribution is 6.35. The zero-order valence-corrected chi connectivity index (χ0v) is 11.6. The van der Waals surface area contributed by atoms with Gasteiger partial charge in [0.1, 0.15) is 0 Å². The van der Waals surface area contributed by atoms with E-state index in [1.165, 1.54) is 0 Å². The average molecular weight is 288 g/mol. The van der Waals surface area contributed by atoms with Gasteiger partial charge < -0.3 is 10.6 Å². The molecule has 0 atom stereocenters. The second-order valence-corrected chi connectivity index (χ2v) is 4.48. The number of hydrogen-bond acceptors (Lipinski definition) is 4. The number of aromatic nitrogens is 2. The van der Waals surface area contributed by atoms with Crippen molar-refractivity contribution in [1.82, 2.24) is 20.8 Å². The van der Waals surface area contributed by atoms with Gasteiger partial charge in [0.25, 0.3) is 5.56 Å². The van der Waals surface area contributed by atoms with Crippen LogP contribution in [-0.4, -0.2) is 28.6 Å². The van der Waals surface area contributed by atoms with Crippen molar-refractivity contribution >= 4 is 22.6 Å². The predicted molar refractivity (Wildman–Crippen MR) is 77.5 cm³/mol. The first-order valence-corrected chi connectivity index (χ1v) is 6.65. The van der Waals surface area contributed by atoms with Gasteiger partial charge >= 0.3 is 11.8 Å². The summed E-state index contributed by atoms with van der Waals surface area (Å²) in [5.41, 5.74) is 0.211. The van der Waals surface area contributed by atoms with Crippen LogP contribution in [0.5, 0.6) is 0 Å². The quantitative estimate of drug-likeness (QED) is 0.692. The van der Waals surface area contributed by atoms with Gasteiger partial charge in [-0.15, -0.1) is 0 Å². The van der Waals surface area contributed by atoms with Crippen molar-refractivity contribution in [1.29, 1.82) is 0 Å². The number of fused-ring (bicyclic) bond motifs is 1. The molecule has 21 heavy (non-hydrogen) atoms. The molecule has 0 spiro atoms. The Morgan fingerprint density at radius 3 is 2.52 bits per heavy atom. The van der Waals surface area contributed by atoms with Crippen LogP contribution in [0.4, 0.5) is 0 Å². The number of carbonyl (C=O) groups excluding carboxylic acids is 2. The molecule has 2 rings (SSSR count). The van der Waals surface area contributed by atoms with E-state index in [0.717, 1.165) is 6.42 Å². The smallest absolute Gasteiger partial charge is 0.309 e. The van der Waals surface area contributed by atoms with Crippen molar-refractivity contribution in [2.75, 3.05) is 6.54 Å². The number of amides is 2. The molecular weight excluding hydrogens is 272 g/mol. The summed E-state index contributed by atoms with van der Waals surface area (Å²) in [4.78, 5) is 34.7. The van der Waals surface area contributed by atoms with Crippen LogP contribution in [0.2, 0.25) is 0 Å². The number of benzene rings is 1. The summed E-state index contributed by atoms with van der Waals surface area (Å²) in [7, 11) is 0. The molecule has 7 nitrogen and oxygen atoms in total. The average Bonchev–Trinajstić information content (AvgIpc) is 2.52. The van der Waals surface area contributed by atoms with E-state index >= 15 is 0 Å². The first kappa shape index (κ1) is 14.7. The molecule has 1 heterocycles. The molecule has 0 saturated carbocycles. The zero-order chi connectivity index (χ0) is 15.2. The van der Waals surface area contributed by atoms with Gasteiger partial charge in [-0.05, 0) is 12.5 Å². The minimum atomic E-state index is -0.722. The summed E-state index contributed by atoms with van der Waals surface area (Å²) in [6, 6.07) is 6.95. The maximum absolute atomic E-state index is 11.6. The molecule has 1 aromatic heterocycles. The van der Waals surface area contributed by atoms with Crippen LogP contribution in [0.25, 0.3) is 10.8 Å². The molecule has 0 fully saturated rings. The predicted octanol–water partition coefficient (Wildman–Crippen LogP) is 0.0655. The molecule has 0 bridgehead atoms. The highest BCUT2D eigenvalue weighted by Gasteiger charge is 2.13. The van der Waals surface area contributed by atoms with Crippen molar-refractivity contribution in [3.05, 3.63) is 40.3 Å². The molecule has 0 aliphatic carbocycles. The molecule has 0 unspecified atom stereocenters. The van der Waals surface area contributed by atoms with E-state index in [1.54, 1.807) is 24.3 Å². The highest BCUT2D eigenvalue weighted by atomic mass is 16.2. The Balaban J connectivity index is 2.11. The molecular formula is C14H16N4O3. The van der Waals surface area contributed by atoms with Gasteiger partial charge in [0.2, 0.25) is 0 Å². The topological polar surface area (TPSA) is 104 Å². The van der Waals surface area contributed by atoms with Crippen LogP contribution in [-0.2, 0) is 16.1 Å². The number of nitrogens with zero attached hydrogens (tertiary/aromatic N) is 1. The van der Waals surface area contributed by atoms with Gasteiger partial charge in [0.05, 0.1) is 17.6 Å². The molecule has 3 N–H and O–H groups in total. The molecule has 0 radical (unpaired) electrons. The van der Waals surface area contributed by atoms with E-state index in [4.69, 9.17) is 0 Å². The Morgan fingerprint density at radius 1 is 1.14 bits per heavy atom. The SMILES string of the molecule is CCCNC(=O)C(=O)NCc1n[nH]c(=O)c2ccccc12. The maximum atomic E-state index is 11.6. The van der Waals surface area contributed by atoms with Crippen molar-refractivity contribution < 1.29 is 9.59 Å². The molecule has 0 aliphatic rings. The van der Waals surface area contributed by atoms with E-state index in [9.17, 15) is 14.4 Å². The number of hydrogen-bond donors (Lipinski definition) is 3. The first-order valence-electron chi connectivity index (χ1n) is 6.65. The summed E-state index contributed by atoms with van der Waals surface area (Å²) in [6.07, 6.45) is 0.755. The highest BCUT2D eigenvalue weighted by Crippen LogP contribution is 2.11. The Labute approximate surface area is 120 Å². The van der Waals surface area contributed by atoms with Crippen LogP contribution in [0, 0.1) is 0 Å². The van der Waals surface area contributed by atoms with Crippen LogP contribution < -0.4 is 16.2 Å². The van der Waals surface area contributed by atoms with E-state index in [0.29, 0.717) is 23.0 Å².